The van der Waals surface area contributed by atoms with Crippen LogP contribution in [-0.4, -0.2) is 21.7 Å². The third kappa shape index (κ3) is 2.08. The second-order valence-electron chi connectivity index (χ2n) is 4.42. The molecule has 20 heavy (non-hydrogen) atoms. The Morgan fingerprint density at radius 2 is 2.25 bits per heavy atom. The second-order valence-corrected chi connectivity index (χ2v) is 5.34. The minimum absolute atomic E-state index is 0.0518. The summed E-state index contributed by atoms with van der Waals surface area (Å²) < 4.78 is 0.789. The molecule has 0 aliphatic carbocycles. The summed E-state index contributed by atoms with van der Waals surface area (Å²) in [4.78, 5) is 30.6. The van der Waals surface area contributed by atoms with E-state index < -0.39 is 0 Å². The highest BCUT2D eigenvalue weighted by Crippen LogP contribution is 2.33. The van der Waals surface area contributed by atoms with Gasteiger partial charge in [-0.05, 0) is 41.1 Å². The van der Waals surface area contributed by atoms with Gasteiger partial charge in [0.15, 0.2) is 5.78 Å². The SMILES string of the molecule is CC(=O)c1cc[nH]c1/C=C1\C(=O)Nc2ncc(Br)cc21. The van der Waals surface area contributed by atoms with E-state index in [2.05, 4.69) is 31.2 Å². The lowest BCUT2D eigenvalue weighted by molar-refractivity contribution is -0.110. The quantitative estimate of drug-likeness (QED) is 0.656. The van der Waals surface area contributed by atoms with Gasteiger partial charge in [0.1, 0.15) is 5.82 Å². The first kappa shape index (κ1) is 12.8. The average molecular weight is 332 g/mol. The van der Waals surface area contributed by atoms with Crippen LogP contribution < -0.4 is 5.32 Å². The Balaban J connectivity index is 2.13. The zero-order valence-corrected chi connectivity index (χ0v) is 12.1. The summed E-state index contributed by atoms with van der Waals surface area (Å²) in [5, 5.41) is 2.70. The van der Waals surface area contributed by atoms with E-state index in [9.17, 15) is 9.59 Å². The van der Waals surface area contributed by atoms with Crippen molar-refractivity contribution in [2.75, 3.05) is 5.32 Å². The number of ketones is 1. The molecule has 2 N–H and O–H groups in total. The molecule has 0 saturated heterocycles. The molecule has 0 aromatic carbocycles. The van der Waals surface area contributed by atoms with E-state index in [1.165, 1.54) is 6.92 Å². The maximum absolute atomic E-state index is 12.0. The number of Topliss-reactive ketones (excluding diaryl/α,β-unsaturated/α-hetero) is 1. The van der Waals surface area contributed by atoms with E-state index >= 15 is 0 Å². The minimum Gasteiger partial charge on any atom is -0.361 e. The number of aromatic amines is 1. The van der Waals surface area contributed by atoms with Gasteiger partial charge in [-0.25, -0.2) is 4.98 Å². The summed E-state index contributed by atoms with van der Waals surface area (Å²) >= 11 is 3.34. The van der Waals surface area contributed by atoms with E-state index in [1.807, 2.05) is 6.07 Å². The number of H-pyrrole nitrogens is 1. The molecule has 1 amide bonds. The van der Waals surface area contributed by atoms with Crippen molar-refractivity contribution >= 4 is 45.1 Å². The molecule has 0 atom stereocenters. The van der Waals surface area contributed by atoms with Gasteiger partial charge in [0.2, 0.25) is 0 Å². The molecule has 0 fully saturated rings. The molecule has 2 aromatic rings. The van der Waals surface area contributed by atoms with Gasteiger partial charge in [0, 0.05) is 33.7 Å². The van der Waals surface area contributed by atoms with Crippen LogP contribution in [0.25, 0.3) is 11.6 Å². The van der Waals surface area contributed by atoms with Gasteiger partial charge in [0.05, 0.1) is 5.57 Å². The van der Waals surface area contributed by atoms with Crippen molar-refractivity contribution < 1.29 is 9.59 Å². The molecule has 1 aliphatic heterocycles. The van der Waals surface area contributed by atoms with Crippen LogP contribution in [-0.2, 0) is 4.79 Å². The summed E-state index contributed by atoms with van der Waals surface area (Å²) in [5.41, 5.74) is 2.38. The van der Waals surface area contributed by atoms with E-state index in [1.54, 1.807) is 24.5 Å². The fraction of sp³-hybridized carbons (Fsp3) is 0.0714. The number of rotatable bonds is 2. The lowest BCUT2D eigenvalue weighted by atomic mass is 10.1. The van der Waals surface area contributed by atoms with Crippen LogP contribution in [0.1, 0.15) is 28.5 Å². The highest BCUT2D eigenvalue weighted by atomic mass is 79.9. The van der Waals surface area contributed by atoms with Crippen LogP contribution in [0.2, 0.25) is 0 Å². The molecule has 100 valence electrons. The Hall–Kier alpha value is -2.21. The molecule has 0 saturated carbocycles. The van der Waals surface area contributed by atoms with Crippen molar-refractivity contribution in [2.45, 2.75) is 6.92 Å². The predicted molar refractivity (Wildman–Crippen MR) is 79.2 cm³/mol. The Morgan fingerprint density at radius 3 is 3.00 bits per heavy atom. The third-order valence-corrected chi connectivity index (χ3v) is 3.50. The number of amides is 1. The smallest absolute Gasteiger partial charge is 0.257 e. The number of carbonyl (C=O) groups excluding carboxylic acids is 2. The second kappa shape index (κ2) is 4.72. The van der Waals surface area contributed by atoms with Crippen LogP contribution in [0.5, 0.6) is 0 Å². The lowest BCUT2D eigenvalue weighted by Crippen LogP contribution is -2.04. The molecule has 2 aromatic heterocycles. The van der Waals surface area contributed by atoms with Crippen LogP contribution in [0.3, 0.4) is 0 Å². The van der Waals surface area contributed by atoms with E-state index in [0.29, 0.717) is 28.2 Å². The Kier molecular flexibility index (Phi) is 3.02. The molecule has 3 heterocycles. The maximum atomic E-state index is 12.0. The molecule has 0 unspecified atom stereocenters. The summed E-state index contributed by atoms with van der Waals surface area (Å²) in [6.07, 6.45) is 4.97. The molecular weight excluding hydrogens is 322 g/mol. The predicted octanol–water partition coefficient (Wildman–Crippen LogP) is 2.87. The Labute approximate surface area is 123 Å². The maximum Gasteiger partial charge on any atom is 0.257 e. The number of hydrogen-bond donors (Lipinski definition) is 2. The van der Waals surface area contributed by atoms with Gasteiger partial charge < -0.3 is 10.3 Å². The van der Waals surface area contributed by atoms with Gasteiger partial charge in [0.25, 0.3) is 5.91 Å². The normalized spacial score (nSPS) is 15.3. The standard InChI is InChI=1S/C14H10BrN3O2/c1-7(19)9-2-3-16-12(9)5-11-10-4-8(15)6-17-13(10)18-14(11)20/h2-6,16H,1H3,(H,17,18,20)/b11-5-. The van der Waals surface area contributed by atoms with Crippen molar-refractivity contribution in [1.82, 2.24) is 9.97 Å². The molecule has 3 rings (SSSR count). The topological polar surface area (TPSA) is 74.8 Å². The van der Waals surface area contributed by atoms with Crippen LogP contribution in [0.15, 0.2) is 29.0 Å². The first-order valence-corrected chi connectivity index (χ1v) is 6.73. The monoisotopic (exact) mass is 331 g/mol. The van der Waals surface area contributed by atoms with Gasteiger partial charge in [-0.1, -0.05) is 0 Å². The van der Waals surface area contributed by atoms with E-state index in [4.69, 9.17) is 0 Å². The van der Waals surface area contributed by atoms with Gasteiger partial charge >= 0.3 is 0 Å². The van der Waals surface area contributed by atoms with E-state index in [-0.39, 0.29) is 11.7 Å². The summed E-state index contributed by atoms with van der Waals surface area (Å²) in [5.74, 6) is 0.249. The number of halogens is 1. The van der Waals surface area contributed by atoms with Gasteiger partial charge in [-0.3, -0.25) is 9.59 Å². The molecule has 6 heteroatoms. The minimum atomic E-state index is -0.227. The number of nitrogens with zero attached hydrogens (tertiary/aromatic N) is 1. The number of anilines is 1. The first-order chi connectivity index (χ1) is 9.56. The van der Waals surface area contributed by atoms with Crippen molar-refractivity contribution in [1.29, 1.82) is 0 Å². The highest BCUT2D eigenvalue weighted by Gasteiger charge is 2.26. The third-order valence-electron chi connectivity index (χ3n) is 3.07. The Bertz CT molecular complexity index is 762. The zero-order chi connectivity index (χ0) is 14.3. The summed E-state index contributed by atoms with van der Waals surface area (Å²) in [7, 11) is 0. The summed E-state index contributed by atoms with van der Waals surface area (Å²) in [6.45, 7) is 1.49. The molecule has 5 nitrogen and oxygen atoms in total. The molecule has 0 spiro atoms. The summed E-state index contributed by atoms with van der Waals surface area (Å²) in [6, 6.07) is 3.52. The van der Waals surface area contributed by atoms with Crippen molar-refractivity contribution in [3.8, 4) is 0 Å². The lowest BCUT2D eigenvalue weighted by Gasteiger charge is -1.99. The van der Waals surface area contributed by atoms with Gasteiger partial charge in [-0.2, -0.15) is 0 Å². The van der Waals surface area contributed by atoms with Crippen LogP contribution in [0, 0.1) is 0 Å². The number of fused-ring (bicyclic) bond motifs is 1. The van der Waals surface area contributed by atoms with Crippen molar-refractivity contribution in [2.24, 2.45) is 0 Å². The van der Waals surface area contributed by atoms with Crippen molar-refractivity contribution in [3.05, 3.63) is 45.8 Å². The van der Waals surface area contributed by atoms with E-state index in [0.717, 1.165) is 4.47 Å². The molecular formula is C14H10BrN3O2. The fourth-order valence-corrected chi connectivity index (χ4v) is 2.47. The highest BCUT2D eigenvalue weighted by molar-refractivity contribution is 9.10. The molecule has 1 aliphatic rings. The first-order valence-electron chi connectivity index (χ1n) is 5.93. The fourth-order valence-electron chi connectivity index (χ4n) is 2.14. The number of hydrogen-bond acceptors (Lipinski definition) is 3. The largest absolute Gasteiger partial charge is 0.361 e. The van der Waals surface area contributed by atoms with Crippen LogP contribution in [0.4, 0.5) is 5.82 Å². The average Bonchev–Trinajstić information content (AvgIpc) is 2.96. The number of pyridine rings is 1. The van der Waals surface area contributed by atoms with Crippen molar-refractivity contribution in [3.63, 3.8) is 0 Å². The Morgan fingerprint density at radius 1 is 1.45 bits per heavy atom. The zero-order valence-electron chi connectivity index (χ0n) is 10.5. The molecule has 0 radical (unpaired) electrons. The number of nitrogens with one attached hydrogen (secondary N) is 2. The number of carbonyl (C=O) groups is 2. The van der Waals surface area contributed by atoms with Crippen LogP contribution >= 0.6 is 15.9 Å². The number of aromatic nitrogens is 2. The molecule has 0 bridgehead atoms. The van der Waals surface area contributed by atoms with Gasteiger partial charge in [-0.15, -0.1) is 0 Å².